The molecule has 3 heteroatoms. The number of rotatable bonds is 2. The molecule has 3 nitrogen and oxygen atoms in total. The quantitative estimate of drug-likeness (QED) is 0.789. The lowest BCUT2D eigenvalue weighted by molar-refractivity contribution is -0.131. The third kappa shape index (κ3) is 1.41. The summed E-state index contributed by atoms with van der Waals surface area (Å²) in [5, 5.41) is 3.50. The molecular weight excluding hydrogens is 212 g/mol. The highest BCUT2D eigenvalue weighted by molar-refractivity contribution is 5.91. The molecule has 1 N–H and O–H groups in total. The van der Waals surface area contributed by atoms with Crippen LogP contribution in [0.1, 0.15) is 45.4 Å². The Morgan fingerprint density at radius 3 is 2.71 bits per heavy atom. The molecule has 1 saturated heterocycles. The van der Waals surface area contributed by atoms with Crippen molar-refractivity contribution < 1.29 is 4.79 Å². The van der Waals surface area contributed by atoms with Gasteiger partial charge in [0.1, 0.15) is 0 Å². The molecule has 3 aliphatic carbocycles. The molecule has 1 aliphatic heterocycles. The van der Waals surface area contributed by atoms with Gasteiger partial charge in [-0.25, -0.2) is 0 Å². The van der Waals surface area contributed by atoms with Crippen molar-refractivity contribution in [3.8, 4) is 0 Å². The van der Waals surface area contributed by atoms with Crippen LogP contribution < -0.4 is 5.32 Å². The number of hydrogen-bond donors (Lipinski definition) is 1. The average molecular weight is 234 g/mol. The molecule has 1 heterocycles. The van der Waals surface area contributed by atoms with Crippen LogP contribution in [0.5, 0.6) is 0 Å². The first-order valence-electron chi connectivity index (χ1n) is 7.27. The largest absolute Gasteiger partial charge is 0.326 e. The number of carbonyl (C=O) groups excluding carboxylic acids is 1. The minimum absolute atomic E-state index is 0.114. The number of carbonyl (C=O) groups is 1. The summed E-state index contributed by atoms with van der Waals surface area (Å²) < 4.78 is 0. The lowest BCUT2D eigenvalue weighted by atomic mass is 9.88. The fourth-order valence-corrected chi connectivity index (χ4v) is 4.57. The van der Waals surface area contributed by atoms with Gasteiger partial charge in [0, 0.05) is 6.54 Å². The van der Waals surface area contributed by atoms with E-state index >= 15 is 0 Å². The molecule has 0 radical (unpaired) electrons. The van der Waals surface area contributed by atoms with Crippen molar-refractivity contribution in [2.24, 2.45) is 17.8 Å². The van der Waals surface area contributed by atoms with Crippen molar-refractivity contribution in [3.05, 3.63) is 0 Å². The second-order valence-electron chi connectivity index (χ2n) is 6.79. The van der Waals surface area contributed by atoms with E-state index in [9.17, 15) is 4.79 Å². The minimum atomic E-state index is -0.114. The van der Waals surface area contributed by atoms with E-state index in [1.165, 1.54) is 25.7 Å². The third-order valence-electron chi connectivity index (χ3n) is 5.69. The van der Waals surface area contributed by atoms with Gasteiger partial charge in [-0.1, -0.05) is 6.42 Å². The average Bonchev–Trinajstić information content (AvgIpc) is 2.70. The Hall–Kier alpha value is -0.570. The lowest BCUT2D eigenvalue weighted by Gasteiger charge is -2.29. The Kier molecular flexibility index (Phi) is 1.98. The SMILES string of the molecule is CC1NC2(CC2)C(=O)N1CC1CC2CCC1C2. The molecule has 4 fully saturated rings. The molecule has 17 heavy (non-hydrogen) atoms. The first-order valence-corrected chi connectivity index (χ1v) is 7.27. The summed E-state index contributed by atoms with van der Waals surface area (Å²) in [6, 6.07) is 0. The van der Waals surface area contributed by atoms with E-state index in [-0.39, 0.29) is 11.7 Å². The molecule has 0 aromatic carbocycles. The minimum Gasteiger partial charge on any atom is -0.326 e. The highest BCUT2D eigenvalue weighted by atomic mass is 16.2. The van der Waals surface area contributed by atoms with Crippen LogP contribution in [0.3, 0.4) is 0 Å². The smallest absolute Gasteiger partial charge is 0.244 e. The maximum atomic E-state index is 12.4. The predicted octanol–water partition coefficient (Wildman–Crippen LogP) is 1.73. The van der Waals surface area contributed by atoms with Crippen molar-refractivity contribution in [1.29, 1.82) is 0 Å². The summed E-state index contributed by atoms with van der Waals surface area (Å²) in [6.45, 7) is 3.17. The molecule has 1 amide bonds. The van der Waals surface area contributed by atoms with Gasteiger partial charge < -0.3 is 4.90 Å². The first kappa shape index (κ1) is 10.4. The molecule has 1 spiro atoms. The molecule has 2 bridgehead atoms. The summed E-state index contributed by atoms with van der Waals surface area (Å²) in [4.78, 5) is 14.5. The van der Waals surface area contributed by atoms with E-state index in [0.29, 0.717) is 5.91 Å². The van der Waals surface area contributed by atoms with Gasteiger partial charge >= 0.3 is 0 Å². The zero-order chi connectivity index (χ0) is 11.6. The van der Waals surface area contributed by atoms with Gasteiger partial charge in [0.15, 0.2) is 0 Å². The van der Waals surface area contributed by atoms with E-state index in [2.05, 4.69) is 17.1 Å². The Labute approximate surface area is 103 Å². The van der Waals surface area contributed by atoms with Crippen LogP contribution >= 0.6 is 0 Å². The zero-order valence-corrected chi connectivity index (χ0v) is 10.6. The summed E-state index contributed by atoms with van der Waals surface area (Å²) in [5.41, 5.74) is -0.114. The molecule has 3 saturated carbocycles. The summed E-state index contributed by atoms with van der Waals surface area (Å²) >= 11 is 0. The fourth-order valence-electron chi connectivity index (χ4n) is 4.57. The van der Waals surface area contributed by atoms with Crippen molar-refractivity contribution in [2.75, 3.05) is 6.54 Å². The summed E-state index contributed by atoms with van der Waals surface area (Å²) in [5.74, 6) is 3.11. The van der Waals surface area contributed by atoms with E-state index in [1.54, 1.807) is 0 Å². The van der Waals surface area contributed by atoms with Crippen molar-refractivity contribution in [2.45, 2.75) is 57.2 Å². The third-order valence-corrected chi connectivity index (χ3v) is 5.69. The number of nitrogens with one attached hydrogen (secondary N) is 1. The van der Waals surface area contributed by atoms with E-state index in [4.69, 9.17) is 0 Å². The molecule has 0 aromatic heterocycles. The fraction of sp³-hybridized carbons (Fsp3) is 0.929. The van der Waals surface area contributed by atoms with E-state index in [0.717, 1.165) is 37.1 Å². The van der Waals surface area contributed by atoms with Gasteiger partial charge in [-0.3, -0.25) is 10.1 Å². The second kappa shape index (κ2) is 3.25. The lowest BCUT2D eigenvalue weighted by Crippen LogP contribution is -2.39. The van der Waals surface area contributed by atoms with Crippen molar-refractivity contribution in [1.82, 2.24) is 10.2 Å². The van der Waals surface area contributed by atoms with Crippen LogP contribution in [0.4, 0.5) is 0 Å². The Morgan fingerprint density at radius 1 is 1.35 bits per heavy atom. The van der Waals surface area contributed by atoms with Crippen LogP contribution in [0.2, 0.25) is 0 Å². The van der Waals surface area contributed by atoms with Gasteiger partial charge in [0.25, 0.3) is 0 Å². The highest BCUT2D eigenvalue weighted by Crippen LogP contribution is 2.49. The Morgan fingerprint density at radius 2 is 2.18 bits per heavy atom. The normalized spacial score (nSPS) is 46.2. The number of amides is 1. The summed E-state index contributed by atoms with van der Waals surface area (Å²) in [7, 11) is 0. The first-order chi connectivity index (χ1) is 8.18. The second-order valence-corrected chi connectivity index (χ2v) is 6.79. The molecule has 4 rings (SSSR count). The number of hydrogen-bond acceptors (Lipinski definition) is 2. The van der Waals surface area contributed by atoms with Crippen LogP contribution in [0, 0.1) is 17.8 Å². The van der Waals surface area contributed by atoms with Gasteiger partial charge in [0.2, 0.25) is 5.91 Å². The van der Waals surface area contributed by atoms with Gasteiger partial charge in [0.05, 0.1) is 11.7 Å². The van der Waals surface area contributed by atoms with Gasteiger partial charge in [-0.05, 0) is 56.8 Å². The summed E-state index contributed by atoms with van der Waals surface area (Å²) in [6.07, 6.45) is 8.08. The Balaban J connectivity index is 1.47. The van der Waals surface area contributed by atoms with Gasteiger partial charge in [-0.15, -0.1) is 0 Å². The number of nitrogens with zero attached hydrogens (tertiary/aromatic N) is 1. The van der Waals surface area contributed by atoms with E-state index < -0.39 is 0 Å². The van der Waals surface area contributed by atoms with Crippen molar-refractivity contribution >= 4 is 5.91 Å². The monoisotopic (exact) mass is 234 g/mol. The standard InChI is InChI=1S/C14H22N2O/c1-9-15-14(4-5-14)13(17)16(9)8-12-7-10-2-3-11(12)6-10/h9-12,15H,2-8H2,1H3. The van der Waals surface area contributed by atoms with Gasteiger partial charge in [-0.2, -0.15) is 0 Å². The molecule has 94 valence electrons. The van der Waals surface area contributed by atoms with E-state index in [1.807, 2.05) is 0 Å². The van der Waals surface area contributed by atoms with Crippen LogP contribution in [0.15, 0.2) is 0 Å². The number of fused-ring (bicyclic) bond motifs is 2. The molecule has 4 aliphatic rings. The predicted molar refractivity (Wildman–Crippen MR) is 65.2 cm³/mol. The topological polar surface area (TPSA) is 32.3 Å². The molecule has 4 atom stereocenters. The molecule has 4 unspecified atom stereocenters. The maximum absolute atomic E-state index is 12.4. The van der Waals surface area contributed by atoms with Crippen molar-refractivity contribution in [3.63, 3.8) is 0 Å². The molecule has 0 aromatic rings. The highest BCUT2D eigenvalue weighted by Gasteiger charge is 2.58. The van der Waals surface area contributed by atoms with Crippen LogP contribution in [0.25, 0.3) is 0 Å². The zero-order valence-electron chi connectivity index (χ0n) is 10.6. The van der Waals surface area contributed by atoms with Crippen LogP contribution in [-0.4, -0.2) is 29.1 Å². The maximum Gasteiger partial charge on any atom is 0.244 e. The Bertz CT molecular complexity index is 363. The van der Waals surface area contributed by atoms with Crippen LogP contribution in [-0.2, 0) is 4.79 Å². The molecular formula is C14H22N2O.